The van der Waals surface area contributed by atoms with Gasteiger partial charge in [-0.15, -0.1) is 0 Å². The predicted octanol–water partition coefficient (Wildman–Crippen LogP) is 4.67. The summed E-state index contributed by atoms with van der Waals surface area (Å²) >= 11 is 0. The minimum atomic E-state index is -0.805. The van der Waals surface area contributed by atoms with Crippen molar-refractivity contribution in [2.24, 2.45) is 0 Å². The quantitative estimate of drug-likeness (QED) is 0.481. The lowest BCUT2D eigenvalue weighted by Gasteiger charge is -2.13. The number of hydrogen-bond acceptors (Lipinski definition) is 2. The van der Waals surface area contributed by atoms with Crippen LogP contribution in [-0.4, -0.2) is 9.78 Å². The average molecular weight is 384 g/mol. The normalized spacial score (nSPS) is 11.1. The summed E-state index contributed by atoms with van der Waals surface area (Å²) in [6.45, 7) is -0.128. The third-order valence-corrected chi connectivity index (χ3v) is 4.38. The van der Waals surface area contributed by atoms with Gasteiger partial charge in [-0.25, -0.2) is 17.6 Å². The van der Waals surface area contributed by atoms with Crippen LogP contribution in [0.2, 0.25) is 0 Å². The molecule has 0 unspecified atom stereocenters. The van der Waals surface area contributed by atoms with E-state index in [-0.39, 0.29) is 28.8 Å². The Balaban J connectivity index is 1.97. The zero-order valence-electron chi connectivity index (χ0n) is 14.3. The molecule has 7 heteroatoms. The van der Waals surface area contributed by atoms with E-state index in [2.05, 4.69) is 5.10 Å². The lowest BCUT2D eigenvalue weighted by atomic mass is 10.1. The maximum Gasteiger partial charge on any atom is 0.216 e. The molecule has 0 fully saturated rings. The Morgan fingerprint density at radius 3 is 2.32 bits per heavy atom. The fraction of sp³-hybridized carbons (Fsp3) is 0.0476. The van der Waals surface area contributed by atoms with Crippen molar-refractivity contribution in [1.82, 2.24) is 9.78 Å². The second kappa shape index (κ2) is 6.92. The summed E-state index contributed by atoms with van der Waals surface area (Å²) in [5.74, 6) is -3.02. The van der Waals surface area contributed by atoms with E-state index >= 15 is 0 Å². The van der Waals surface area contributed by atoms with Gasteiger partial charge < -0.3 is 0 Å². The molecule has 3 nitrogen and oxygen atoms in total. The van der Waals surface area contributed by atoms with E-state index in [4.69, 9.17) is 0 Å². The standard InChI is InChI=1S/C21H12F4N2O/c22-13-7-8-17(24)16(9-13)20-21(28)15-3-1-2-4-19(15)27(26-20)11-12-5-6-14(23)10-18(12)25/h1-10H,11H2. The van der Waals surface area contributed by atoms with Gasteiger partial charge in [-0.2, -0.15) is 5.10 Å². The predicted molar refractivity (Wildman–Crippen MR) is 96.8 cm³/mol. The van der Waals surface area contributed by atoms with E-state index in [9.17, 15) is 22.4 Å². The number of rotatable bonds is 3. The Bertz CT molecular complexity index is 1270. The molecule has 4 aromatic rings. The van der Waals surface area contributed by atoms with Gasteiger partial charge in [0.1, 0.15) is 29.0 Å². The van der Waals surface area contributed by atoms with E-state index in [1.165, 1.54) is 16.8 Å². The zero-order chi connectivity index (χ0) is 19.8. The van der Waals surface area contributed by atoms with Crippen LogP contribution in [-0.2, 0) is 6.54 Å². The van der Waals surface area contributed by atoms with Crippen LogP contribution in [0, 0.1) is 23.3 Å². The number of para-hydroxylation sites is 1. The van der Waals surface area contributed by atoms with Gasteiger partial charge in [0.2, 0.25) is 5.43 Å². The van der Waals surface area contributed by atoms with Crippen LogP contribution >= 0.6 is 0 Å². The number of nitrogens with zero attached hydrogens (tertiary/aromatic N) is 2. The first kappa shape index (κ1) is 17.9. The average Bonchev–Trinajstić information content (AvgIpc) is 2.68. The topological polar surface area (TPSA) is 34.9 Å². The van der Waals surface area contributed by atoms with Crippen LogP contribution in [0.25, 0.3) is 22.2 Å². The fourth-order valence-electron chi connectivity index (χ4n) is 3.03. The Labute approximate surface area is 156 Å². The van der Waals surface area contributed by atoms with Gasteiger partial charge in [0, 0.05) is 22.6 Å². The minimum Gasteiger partial charge on any atom is -0.287 e. The highest BCUT2D eigenvalue weighted by molar-refractivity contribution is 5.82. The molecule has 0 aliphatic rings. The number of benzene rings is 3. The number of aromatic nitrogens is 2. The maximum atomic E-state index is 14.2. The van der Waals surface area contributed by atoms with Gasteiger partial charge in [-0.3, -0.25) is 9.48 Å². The Morgan fingerprint density at radius 1 is 0.821 bits per heavy atom. The summed E-state index contributed by atoms with van der Waals surface area (Å²) in [4.78, 5) is 12.8. The molecule has 1 aromatic heterocycles. The van der Waals surface area contributed by atoms with Crippen molar-refractivity contribution in [3.63, 3.8) is 0 Å². The number of fused-ring (bicyclic) bond motifs is 1. The van der Waals surface area contributed by atoms with E-state index in [0.29, 0.717) is 5.52 Å². The zero-order valence-corrected chi connectivity index (χ0v) is 14.3. The first-order valence-electron chi connectivity index (χ1n) is 8.33. The summed E-state index contributed by atoms with van der Waals surface area (Å²) in [7, 11) is 0. The third kappa shape index (κ3) is 3.15. The Morgan fingerprint density at radius 2 is 1.54 bits per heavy atom. The first-order valence-corrected chi connectivity index (χ1v) is 8.33. The van der Waals surface area contributed by atoms with Crippen LogP contribution in [0.4, 0.5) is 17.6 Å². The third-order valence-electron chi connectivity index (χ3n) is 4.38. The molecule has 1 heterocycles. The molecule has 0 bridgehead atoms. The largest absolute Gasteiger partial charge is 0.287 e. The highest BCUT2D eigenvalue weighted by Gasteiger charge is 2.17. The molecular weight excluding hydrogens is 372 g/mol. The van der Waals surface area contributed by atoms with Gasteiger partial charge >= 0.3 is 0 Å². The summed E-state index contributed by atoms with van der Waals surface area (Å²) in [6.07, 6.45) is 0. The minimum absolute atomic E-state index is 0.128. The van der Waals surface area contributed by atoms with E-state index in [1.807, 2.05) is 0 Å². The smallest absolute Gasteiger partial charge is 0.216 e. The SMILES string of the molecule is O=c1c(-c2cc(F)ccc2F)nn(Cc2ccc(F)cc2F)c2ccccc12. The van der Waals surface area contributed by atoms with Crippen molar-refractivity contribution in [2.45, 2.75) is 6.54 Å². The molecule has 0 spiro atoms. The van der Waals surface area contributed by atoms with Gasteiger partial charge in [0.05, 0.1) is 12.1 Å². The summed E-state index contributed by atoms with van der Waals surface area (Å²) in [5, 5.41) is 4.39. The van der Waals surface area contributed by atoms with Crippen molar-refractivity contribution in [1.29, 1.82) is 0 Å². The van der Waals surface area contributed by atoms with Crippen LogP contribution in [0.1, 0.15) is 5.56 Å². The van der Waals surface area contributed by atoms with Crippen molar-refractivity contribution >= 4 is 10.9 Å². The first-order chi connectivity index (χ1) is 13.4. The molecule has 0 atom stereocenters. The summed E-state index contributed by atoms with van der Waals surface area (Å²) in [6, 6.07) is 12.3. The number of halogens is 4. The van der Waals surface area contributed by atoms with Gasteiger partial charge in [0.25, 0.3) is 0 Å². The van der Waals surface area contributed by atoms with E-state index in [1.54, 1.807) is 18.2 Å². The molecule has 0 radical (unpaired) electrons. The van der Waals surface area contributed by atoms with Crippen molar-refractivity contribution in [3.05, 3.63) is 99.7 Å². The molecule has 0 aliphatic carbocycles. The molecule has 140 valence electrons. The van der Waals surface area contributed by atoms with Crippen molar-refractivity contribution in [3.8, 4) is 11.3 Å². The monoisotopic (exact) mass is 384 g/mol. The molecule has 0 N–H and O–H groups in total. The number of hydrogen-bond donors (Lipinski definition) is 0. The summed E-state index contributed by atoms with van der Waals surface area (Å²) in [5.41, 5.74) is -0.636. The Kier molecular flexibility index (Phi) is 4.43. The lowest BCUT2D eigenvalue weighted by Crippen LogP contribution is -2.18. The second-order valence-electron chi connectivity index (χ2n) is 6.21. The molecule has 4 rings (SSSR count). The summed E-state index contributed by atoms with van der Waals surface area (Å²) < 4.78 is 56.5. The highest BCUT2D eigenvalue weighted by atomic mass is 19.1. The molecular formula is C21H12F4N2O. The molecule has 28 heavy (non-hydrogen) atoms. The lowest BCUT2D eigenvalue weighted by molar-refractivity contribution is 0.560. The molecule has 0 saturated heterocycles. The Hall–Kier alpha value is -3.48. The highest BCUT2D eigenvalue weighted by Crippen LogP contribution is 2.22. The molecule has 0 aliphatic heterocycles. The van der Waals surface area contributed by atoms with Crippen molar-refractivity contribution < 1.29 is 17.6 Å². The molecule has 3 aromatic carbocycles. The van der Waals surface area contributed by atoms with Crippen molar-refractivity contribution in [2.75, 3.05) is 0 Å². The maximum absolute atomic E-state index is 14.2. The van der Waals surface area contributed by atoms with Gasteiger partial charge in [-0.05, 0) is 36.4 Å². The fourth-order valence-corrected chi connectivity index (χ4v) is 3.03. The second-order valence-corrected chi connectivity index (χ2v) is 6.21. The molecule has 0 amide bonds. The van der Waals surface area contributed by atoms with Crippen LogP contribution in [0.3, 0.4) is 0 Å². The van der Waals surface area contributed by atoms with E-state index < -0.39 is 28.7 Å². The van der Waals surface area contributed by atoms with Gasteiger partial charge in [-0.1, -0.05) is 18.2 Å². The van der Waals surface area contributed by atoms with Crippen LogP contribution in [0.5, 0.6) is 0 Å². The van der Waals surface area contributed by atoms with Crippen LogP contribution < -0.4 is 5.43 Å². The van der Waals surface area contributed by atoms with E-state index in [0.717, 1.165) is 30.3 Å². The van der Waals surface area contributed by atoms with Gasteiger partial charge in [0.15, 0.2) is 0 Å². The van der Waals surface area contributed by atoms with Crippen LogP contribution in [0.15, 0.2) is 65.5 Å². The molecule has 0 saturated carbocycles.